The van der Waals surface area contributed by atoms with Crippen LogP contribution in [0.5, 0.6) is 17.2 Å². The highest BCUT2D eigenvalue weighted by atomic mass is 16.5. The van der Waals surface area contributed by atoms with E-state index in [1.54, 1.807) is 27.6 Å². The topological polar surface area (TPSA) is 69.9 Å². The van der Waals surface area contributed by atoms with Crippen molar-refractivity contribution >= 4 is 16.9 Å². The van der Waals surface area contributed by atoms with E-state index in [1.165, 1.54) is 0 Å². The monoisotopic (exact) mass is 369 g/mol. The van der Waals surface area contributed by atoms with E-state index in [-0.39, 0.29) is 12.3 Å². The van der Waals surface area contributed by atoms with Crippen molar-refractivity contribution in [3.05, 3.63) is 53.8 Å². The number of hydrogen-bond donors (Lipinski definition) is 1. The summed E-state index contributed by atoms with van der Waals surface area (Å²) in [6.07, 6.45) is 2.60. The first-order valence-corrected chi connectivity index (χ1v) is 8.66. The van der Waals surface area contributed by atoms with Crippen LogP contribution < -0.4 is 19.5 Å². The molecule has 6 heteroatoms. The molecule has 142 valence electrons. The van der Waals surface area contributed by atoms with Gasteiger partial charge >= 0.3 is 0 Å². The van der Waals surface area contributed by atoms with Crippen molar-refractivity contribution in [3.8, 4) is 17.2 Å². The van der Waals surface area contributed by atoms with Crippen molar-refractivity contribution in [2.45, 2.75) is 12.8 Å². The third-order valence-electron chi connectivity index (χ3n) is 4.40. The molecule has 3 rings (SSSR count). The maximum Gasteiger partial charge on any atom is 0.224 e. The molecule has 1 amide bonds. The van der Waals surface area contributed by atoms with Crippen LogP contribution in [0.4, 0.5) is 0 Å². The second-order valence-corrected chi connectivity index (χ2v) is 6.09. The van der Waals surface area contributed by atoms with Gasteiger partial charge in [-0.15, -0.1) is 0 Å². The molecule has 0 radical (unpaired) electrons. The third kappa shape index (κ3) is 4.34. The van der Waals surface area contributed by atoms with Crippen LogP contribution in [0.25, 0.3) is 11.0 Å². The molecule has 0 atom stereocenters. The van der Waals surface area contributed by atoms with Crippen molar-refractivity contribution in [2.75, 3.05) is 27.9 Å². The Bertz CT molecular complexity index is 931. The zero-order valence-corrected chi connectivity index (χ0v) is 15.7. The lowest BCUT2D eigenvalue weighted by Crippen LogP contribution is -2.27. The highest BCUT2D eigenvalue weighted by Crippen LogP contribution is 2.28. The number of nitrogens with one attached hydrogen (secondary N) is 1. The van der Waals surface area contributed by atoms with Gasteiger partial charge in [0.2, 0.25) is 5.91 Å². The number of carbonyl (C=O) groups is 1. The maximum absolute atomic E-state index is 12.3. The molecule has 0 unspecified atom stereocenters. The Labute approximate surface area is 158 Å². The van der Waals surface area contributed by atoms with Gasteiger partial charge in [-0.1, -0.05) is 6.07 Å². The maximum atomic E-state index is 12.3. The van der Waals surface area contributed by atoms with E-state index in [2.05, 4.69) is 5.32 Å². The molecule has 1 N–H and O–H groups in total. The number of amides is 1. The van der Waals surface area contributed by atoms with E-state index in [0.717, 1.165) is 22.3 Å². The van der Waals surface area contributed by atoms with Gasteiger partial charge in [0.25, 0.3) is 0 Å². The number of fused-ring (bicyclic) bond motifs is 1. The highest BCUT2D eigenvalue weighted by molar-refractivity contribution is 5.88. The summed E-state index contributed by atoms with van der Waals surface area (Å²) in [6.45, 7) is 0.540. The average Bonchev–Trinajstić information content (AvgIpc) is 3.09. The number of methoxy groups -OCH3 is 3. The first kappa shape index (κ1) is 18.6. The Morgan fingerprint density at radius 2 is 1.81 bits per heavy atom. The van der Waals surface area contributed by atoms with Crippen LogP contribution in [-0.2, 0) is 17.6 Å². The summed E-state index contributed by atoms with van der Waals surface area (Å²) < 4.78 is 21.2. The molecule has 3 aromatic rings. The normalized spacial score (nSPS) is 10.6. The molecular formula is C21H23NO5. The van der Waals surface area contributed by atoms with Crippen LogP contribution in [0.15, 0.2) is 47.1 Å². The van der Waals surface area contributed by atoms with Crippen molar-refractivity contribution in [2.24, 2.45) is 0 Å². The summed E-state index contributed by atoms with van der Waals surface area (Å²) in [5, 5.41) is 3.87. The van der Waals surface area contributed by atoms with Crippen LogP contribution in [0.1, 0.15) is 11.1 Å². The molecular weight excluding hydrogens is 346 g/mol. The Morgan fingerprint density at radius 3 is 2.56 bits per heavy atom. The standard InChI is InChI=1S/C21H23NO5/c1-24-16-5-6-17-15(13-27-19(17)12-16)11-21(23)22-9-8-14-4-7-18(25-2)20(10-14)26-3/h4-7,10,12-13H,8-9,11H2,1-3H3,(H,22,23). The molecule has 0 aliphatic carbocycles. The molecule has 0 aliphatic rings. The molecule has 27 heavy (non-hydrogen) atoms. The summed E-state index contributed by atoms with van der Waals surface area (Å²) >= 11 is 0. The minimum Gasteiger partial charge on any atom is -0.497 e. The lowest BCUT2D eigenvalue weighted by atomic mass is 10.1. The molecule has 0 saturated carbocycles. The number of hydrogen-bond acceptors (Lipinski definition) is 5. The van der Waals surface area contributed by atoms with Crippen LogP contribution in [0.3, 0.4) is 0 Å². The summed E-state index contributed by atoms with van der Waals surface area (Å²) in [5.41, 5.74) is 2.63. The first-order chi connectivity index (χ1) is 13.1. The van der Waals surface area contributed by atoms with E-state index >= 15 is 0 Å². The van der Waals surface area contributed by atoms with Crippen LogP contribution >= 0.6 is 0 Å². The predicted molar refractivity (Wildman–Crippen MR) is 103 cm³/mol. The van der Waals surface area contributed by atoms with E-state index in [1.807, 2.05) is 36.4 Å². The smallest absolute Gasteiger partial charge is 0.224 e. The highest BCUT2D eigenvalue weighted by Gasteiger charge is 2.11. The van der Waals surface area contributed by atoms with Gasteiger partial charge in [0.05, 0.1) is 34.0 Å². The van der Waals surface area contributed by atoms with Gasteiger partial charge in [0, 0.05) is 23.6 Å². The fourth-order valence-electron chi connectivity index (χ4n) is 2.95. The number of benzene rings is 2. The number of ether oxygens (including phenoxy) is 3. The fourth-order valence-corrected chi connectivity index (χ4v) is 2.95. The van der Waals surface area contributed by atoms with Gasteiger partial charge in [0.15, 0.2) is 11.5 Å². The molecule has 2 aromatic carbocycles. The molecule has 0 saturated heterocycles. The zero-order valence-electron chi connectivity index (χ0n) is 15.7. The zero-order chi connectivity index (χ0) is 19.2. The van der Waals surface area contributed by atoms with Gasteiger partial charge in [-0.3, -0.25) is 4.79 Å². The second kappa shape index (κ2) is 8.49. The Balaban J connectivity index is 1.56. The van der Waals surface area contributed by atoms with Gasteiger partial charge in [-0.05, 0) is 36.2 Å². The number of rotatable bonds is 8. The van der Waals surface area contributed by atoms with E-state index in [4.69, 9.17) is 18.6 Å². The van der Waals surface area contributed by atoms with Crippen LogP contribution in [-0.4, -0.2) is 33.8 Å². The molecule has 0 bridgehead atoms. The third-order valence-corrected chi connectivity index (χ3v) is 4.40. The summed E-state index contributed by atoms with van der Waals surface area (Å²) in [5.74, 6) is 2.05. The quantitative estimate of drug-likeness (QED) is 0.659. The molecule has 0 aliphatic heterocycles. The van der Waals surface area contributed by atoms with Gasteiger partial charge < -0.3 is 23.9 Å². The largest absolute Gasteiger partial charge is 0.497 e. The Hall–Kier alpha value is -3.15. The molecule has 1 heterocycles. The van der Waals surface area contributed by atoms with Crippen LogP contribution in [0.2, 0.25) is 0 Å². The van der Waals surface area contributed by atoms with Crippen LogP contribution in [0, 0.1) is 0 Å². The van der Waals surface area contributed by atoms with Crippen molar-refractivity contribution in [3.63, 3.8) is 0 Å². The summed E-state index contributed by atoms with van der Waals surface area (Å²) in [6, 6.07) is 11.3. The van der Waals surface area contributed by atoms with Gasteiger partial charge in [-0.25, -0.2) is 0 Å². The van der Waals surface area contributed by atoms with E-state index in [0.29, 0.717) is 30.0 Å². The number of furan rings is 1. The number of carbonyl (C=O) groups excluding carboxylic acids is 1. The minimum atomic E-state index is -0.0472. The predicted octanol–water partition coefficient (Wildman–Crippen LogP) is 3.36. The van der Waals surface area contributed by atoms with Crippen molar-refractivity contribution in [1.29, 1.82) is 0 Å². The van der Waals surface area contributed by atoms with Crippen molar-refractivity contribution < 1.29 is 23.4 Å². The van der Waals surface area contributed by atoms with Gasteiger partial charge in [-0.2, -0.15) is 0 Å². The van der Waals surface area contributed by atoms with E-state index < -0.39 is 0 Å². The lowest BCUT2D eigenvalue weighted by Gasteiger charge is -2.10. The lowest BCUT2D eigenvalue weighted by molar-refractivity contribution is -0.120. The van der Waals surface area contributed by atoms with Gasteiger partial charge in [0.1, 0.15) is 11.3 Å². The Morgan fingerprint density at radius 1 is 1.00 bits per heavy atom. The molecule has 0 fully saturated rings. The molecule has 6 nitrogen and oxygen atoms in total. The van der Waals surface area contributed by atoms with Crippen molar-refractivity contribution in [1.82, 2.24) is 5.32 Å². The second-order valence-electron chi connectivity index (χ2n) is 6.09. The SMILES string of the molecule is COc1ccc2c(CC(=O)NCCc3ccc(OC)c(OC)c3)coc2c1. The summed E-state index contributed by atoms with van der Waals surface area (Å²) in [4.78, 5) is 12.3. The Kier molecular flexibility index (Phi) is 5.86. The minimum absolute atomic E-state index is 0.0472. The van der Waals surface area contributed by atoms with E-state index in [9.17, 15) is 4.79 Å². The molecule has 0 spiro atoms. The average molecular weight is 369 g/mol. The summed E-state index contributed by atoms with van der Waals surface area (Å²) in [7, 11) is 4.82. The fraction of sp³-hybridized carbons (Fsp3) is 0.286. The molecule has 1 aromatic heterocycles. The first-order valence-electron chi connectivity index (χ1n) is 8.66.